The van der Waals surface area contributed by atoms with E-state index < -0.39 is 21.6 Å². The molecule has 3 N–H and O–H groups in total. The van der Waals surface area contributed by atoms with Gasteiger partial charge in [0.1, 0.15) is 5.75 Å². The molecule has 4 aromatic rings. The minimum atomic E-state index is -4.01. The molecule has 10 nitrogen and oxygen atoms in total. The molecule has 0 aliphatic heterocycles. The summed E-state index contributed by atoms with van der Waals surface area (Å²) < 4.78 is 29.7. The molecular formula is C25H23N5O5S. The first-order valence-electron chi connectivity index (χ1n) is 10.9. The molecule has 11 heteroatoms. The summed E-state index contributed by atoms with van der Waals surface area (Å²) >= 11 is 0. The number of para-hydroxylation sites is 1. The number of nitrogens with one attached hydrogen (secondary N) is 2. The number of benzene rings is 3. The van der Waals surface area contributed by atoms with Gasteiger partial charge in [-0.1, -0.05) is 24.3 Å². The summed E-state index contributed by atoms with van der Waals surface area (Å²) in [5, 5.41) is 16.9. The predicted octanol–water partition coefficient (Wildman–Crippen LogP) is 2.98. The van der Waals surface area contributed by atoms with Crippen molar-refractivity contribution < 1.29 is 18.3 Å². The molecule has 3 aromatic carbocycles. The van der Waals surface area contributed by atoms with E-state index in [0.29, 0.717) is 22.2 Å². The molecule has 1 amide bonds. The molecule has 1 atom stereocenters. The van der Waals surface area contributed by atoms with E-state index >= 15 is 0 Å². The SMILES string of the molecule is CC(=O)Nc1ccc(S(=O)(=O)NC(C)c2nc3ccccc3c(=O)n2/N=C/c2cccc(O)c2)cc1. The predicted molar refractivity (Wildman–Crippen MR) is 137 cm³/mol. The Balaban J connectivity index is 1.72. The Morgan fingerprint density at radius 2 is 1.81 bits per heavy atom. The van der Waals surface area contributed by atoms with Crippen molar-refractivity contribution in [1.82, 2.24) is 14.4 Å². The first kappa shape index (κ1) is 24.8. The van der Waals surface area contributed by atoms with Crippen molar-refractivity contribution in [3.63, 3.8) is 0 Å². The Hall–Kier alpha value is -4.35. The molecule has 0 radical (unpaired) electrons. The highest BCUT2D eigenvalue weighted by atomic mass is 32.2. The van der Waals surface area contributed by atoms with E-state index in [0.717, 1.165) is 4.68 Å². The summed E-state index contributed by atoms with van der Waals surface area (Å²) in [4.78, 5) is 29.0. The van der Waals surface area contributed by atoms with Crippen LogP contribution in [0.2, 0.25) is 0 Å². The number of hydrogen-bond acceptors (Lipinski definition) is 7. The molecular weight excluding hydrogens is 482 g/mol. The highest BCUT2D eigenvalue weighted by molar-refractivity contribution is 7.89. The Bertz CT molecular complexity index is 1630. The Morgan fingerprint density at radius 3 is 2.50 bits per heavy atom. The van der Waals surface area contributed by atoms with Gasteiger partial charge in [-0.3, -0.25) is 9.59 Å². The Labute approximate surface area is 207 Å². The van der Waals surface area contributed by atoms with Crippen LogP contribution in [0.5, 0.6) is 5.75 Å². The first-order valence-corrected chi connectivity index (χ1v) is 12.4. The van der Waals surface area contributed by atoms with Crippen molar-refractivity contribution in [3.05, 3.63) is 94.5 Å². The zero-order valence-corrected chi connectivity index (χ0v) is 20.2. The number of carbonyl (C=O) groups excluding carboxylic acids is 1. The molecule has 4 rings (SSSR count). The van der Waals surface area contributed by atoms with E-state index in [4.69, 9.17) is 0 Å². The second-order valence-electron chi connectivity index (χ2n) is 7.99. The second-order valence-corrected chi connectivity index (χ2v) is 9.71. The number of aromatic nitrogens is 2. The van der Waals surface area contributed by atoms with E-state index in [1.54, 1.807) is 43.3 Å². The smallest absolute Gasteiger partial charge is 0.282 e. The van der Waals surface area contributed by atoms with Gasteiger partial charge in [0.2, 0.25) is 15.9 Å². The van der Waals surface area contributed by atoms with Crippen LogP contribution >= 0.6 is 0 Å². The van der Waals surface area contributed by atoms with E-state index in [1.165, 1.54) is 49.5 Å². The van der Waals surface area contributed by atoms with Gasteiger partial charge in [-0.25, -0.2) is 18.1 Å². The van der Waals surface area contributed by atoms with E-state index in [-0.39, 0.29) is 22.4 Å². The highest BCUT2D eigenvalue weighted by Gasteiger charge is 2.23. The summed E-state index contributed by atoms with van der Waals surface area (Å²) in [6.07, 6.45) is 1.38. The third-order valence-corrected chi connectivity index (χ3v) is 6.73. The van der Waals surface area contributed by atoms with Gasteiger partial charge in [-0.05, 0) is 61.0 Å². The Kier molecular flexibility index (Phi) is 6.95. The molecule has 1 aromatic heterocycles. The maximum atomic E-state index is 13.3. The number of phenolic OH excluding ortho intramolecular Hbond substituents is 1. The molecule has 0 spiro atoms. The lowest BCUT2D eigenvalue weighted by Gasteiger charge is -2.17. The number of hydrogen-bond donors (Lipinski definition) is 3. The molecule has 1 heterocycles. The normalized spacial score (nSPS) is 12.6. The van der Waals surface area contributed by atoms with Crippen molar-refractivity contribution in [2.75, 3.05) is 5.32 Å². The van der Waals surface area contributed by atoms with Crippen molar-refractivity contribution >= 4 is 38.7 Å². The van der Waals surface area contributed by atoms with Crippen LogP contribution in [0, 0.1) is 0 Å². The van der Waals surface area contributed by atoms with E-state index in [1.807, 2.05) is 0 Å². The van der Waals surface area contributed by atoms with Gasteiger partial charge in [0.05, 0.1) is 28.1 Å². The summed E-state index contributed by atoms with van der Waals surface area (Å²) in [6.45, 7) is 2.91. The van der Waals surface area contributed by atoms with Crippen LogP contribution in [-0.4, -0.2) is 35.3 Å². The van der Waals surface area contributed by atoms with Crippen LogP contribution in [-0.2, 0) is 14.8 Å². The molecule has 0 aliphatic carbocycles. The van der Waals surface area contributed by atoms with Crippen LogP contribution in [0.1, 0.15) is 31.3 Å². The van der Waals surface area contributed by atoms with Gasteiger partial charge in [0.15, 0.2) is 5.82 Å². The van der Waals surface area contributed by atoms with E-state index in [2.05, 4.69) is 20.1 Å². The zero-order chi connectivity index (χ0) is 25.9. The fourth-order valence-electron chi connectivity index (χ4n) is 3.54. The fraction of sp³-hybridized carbons (Fsp3) is 0.120. The quantitative estimate of drug-likeness (QED) is 0.330. The van der Waals surface area contributed by atoms with Crippen molar-refractivity contribution in [1.29, 1.82) is 0 Å². The largest absolute Gasteiger partial charge is 0.508 e. The second kappa shape index (κ2) is 10.1. The van der Waals surface area contributed by atoms with Gasteiger partial charge in [0, 0.05) is 12.6 Å². The van der Waals surface area contributed by atoms with Gasteiger partial charge in [0.25, 0.3) is 5.56 Å². The average Bonchev–Trinajstić information content (AvgIpc) is 2.83. The summed E-state index contributed by atoms with van der Waals surface area (Å²) in [7, 11) is -4.01. The molecule has 0 saturated heterocycles. The summed E-state index contributed by atoms with van der Waals surface area (Å²) in [6, 6.07) is 17.7. The molecule has 1 unspecified atom stereocenters. The fourth-order valence-corrected chi connectivity index (χ4v) is 4.74. The monoisotopic (exact) mass is 505 g/mol. The minimum Gasteiger partial charge on any atom is -0.508 e. The summed E-state index contributed by atoms with van der Waals surface area (Å²) in [5.74, 6) is -0.161. The topological polar surface area (TPSA) is 143 Å². The molecule has 184 valence electrons. The van der Waals surface area contributed by atoms with Crippen molar-refractivity contribution in [2.45, 2.75) is 24.8 Å². The minimum absolute atomic E-state index is 0.0265. The number of anilines is 1. The molecule has 0 fully saturated rings. The van der Waals surface area contributed by atoms with Gasteiger partial charge < -0.3 is 10.4 Å². The lowest BCUT2D eigenvalue weighted by Crippen LogP contribution is -2.32. The van der Waals surface area contributed by atoms with Crippen molar-refractivity contribution in [2.24, 2.45) is 5.10 Å². The number of rotatable bonds is 7. The standard InChI is InChI=1S/C25H23N5O5S/c1-16(29-36(34,35)21-12-10-19(11-13-21)27-17(2)31)24-28-23-9-4-3-8-22(23)25(33)30(24)26-15-18-6-5-7-20(32)14-18/h3-16,29,32H,1-2H3,(H,27,31)/b26-15+. The van der Waals surface area contributed by atoms with E-state index in [9.17, 15) is 23.1 Å². The number of amides is 1. The maximum absolute atomic E-state index is 13.3. The third kappa shape index (κ3) is 5.48. The number of phenols is 1. The van der Waals surface area contributed by atoms with Crippen LogP contribution in [0.15, 0.2) is 87.6 Å². The first-order chi connectivity index (χ1) is 17.1. The molecule has 0 aliphatic rings. The molecule has 36 heavy (non-hydrogen) atoms. The van der Waals surface area contributed by atoms with Crippen LogP contribution in [0.4, 0.5) is 5.69 Å². The van der Waals surface area contributed by atoms with Gasteiger partial charge in [-0.2, -0.15) is 9.78 Å². The number of carbonyl (C=O) groups is 1. The number of aromatic hydroxyl groups is 1. The zero-order valence-electron chi connectivity index (χ0n) is 19.4. The maximum Gasteiger partial charge on any atom is 0.282 e. The third-order valence-electron chi connectivity index (χ3n) is 5.18. The average molecular weight is 506 g/mol. The lowest BCUT2D eigenvalue weighted by atomic mass is 10.2. The summed E-state index contributed by atoms with van der Waals surface area (Å²) in [5.41, 5.74) is 0.916. The Morgan fingerprint density at radius 1 is 1.08 bits per heavy atom. The van der Waals surface area contributed by atoms with Gasteiger partial charge in [-0.15, -0.1) is 0 Å². The highest BCUT2D eigenvalue weighted by Crippen LogP contribution is 2.19. The lowest BCUT2D eigenvalue weighted by molar-refractivity contribution is -0.114. The number of nitrogens with zero attached hydrogens (tertiary/aromatic N) is 3. The molecule has 0 saturated carbocycles. The van der Waals surface area contributed by atoms with Crippen molar-refractivity contribution in [3.8, 4) is 5.75 Å². The van der Waals surface area contributed by atoms with Gasteiger partial charge >= 0.3 is 0 Å². The number of fused-ring (bicyclic) bond motifs is 1. The number of sulfonamides is 1. The van der Waals surface area contributed by atoms with Crippen LogP contribution in [0.25, 0.3) is 10.9 Å². The molecule has 0 bridgehead atoms. The van der Waals surface area contributed by atoms with Crippen LogP contribution in [0.3, 0.4) is 0 Å². The van der Waals surface area contributed by atoms with Crippen LogP contribution < -0.4 is 15.6 Å².